The maximum atomic E-state index is 14.1. The number of nitrogens with zero attached hydrogens (tertiary/aromatic N) is 1. The van der Waals surface area contributed by atoms with Crippen LogP contribution in [-0.2, 0) is 11.3 Å². The maximum absolute atomic E-state index is 14.1. The minimum absolute atomic E-state index is 0.00271. The predicted octanol–water partition coefficient (Wildman–Crippen LogP) is 5.99. The molecule has 0 fully saturated rings. The van der Waals surface area contributed by atoms with E-state index in [0.717, 1.165) is 5.56 Å². The molecule has 4 aromatic carbocycles. The van der Waals surface area contributed by atoms with E-state index in [-0.39, 0.29) is 34.2 Å². The molecule has 0 saturated carbocycles. The molecule has 7 nitrogen and oxygen atoms in total. The number of Topliss-reactive ketones (excluding diaryl/α,β-unsaturated/α-hetero) is 1. The lowest BCUT2D eigenvalue weighted by Crippen LogP contribution is -2.33. The molecule has 7 heteroatoms. The van der Waals surface area contributed by atoms with Gasteiger partial charge in [0.05, 0.1) is 5.56 Å². The summed E-state index contributed by atoms with van der Waals surface area (Å²) in [6.07, 6.45) is 4.91. The number of phenolic OH excluding ortho intramolecular Hbond substituents is 1. The van der Waals surface area contributed by atoms with E-state index in [2.05, 4.69) is 5.32 Å². The highest BCUT2D eigenvalue weighted by Gasteiger charge is 2.29. The molecule has 1 heterocycles. The molecule has 1 aliphatic rings. The van der Waals surface area contributed by atoms with E-state index >= 15 is 0 Å². The number of phenols is 1. The maximum Gasteiger partial charge on any atom is 0.343 e. The van der Waals surface area contributed by atoms with Crippen LogP contribution in [0.25, 0.3) is 0 Å². The van der Waals surface area contributed by atoms with Gasteiger partial charge in [-0.2, -0.15) is 0 Å². The van der Waals surface area contributed by atoms with Crippen LogP contribution in [0, 0.1) is 0 Å². The molecule has 0 aliphatic carbocycles. The zero-order valence-corrected chi connectivity index (χ0v) is 21.9. The molecule has 5 rings (SSSR count). The zero-order valence-electron chi connectivity index (χ0n) is 21.9. The van der Waals surface area contributed by atoms with Gasteiger partial charge in [0.25, 0.3) is 5.91 Å². The number of ether oxygens (including phenoxy) is 1. The first kappa shape index (κ1) is 26.9. The number of ketones is 1. The summed E-state index contributed by atoms with van der Waals surface area (Å²) in [6, 6.07) is 32.4. The molecule has 1 amide bonds. The Labute approximate surface area is 237 Å². The van der Waals surface area contributed by atoms with Gasteiger partial charge in [0, 0.05) is 23.9 Å². The van der Waals surface area contributed by atoms with E-state index < -0.39 is 11.9 Å². The first-order valence-electron chi connectivity index (χ1n) is 12.9. The fourth-order valence-electron chi connectivity index (χ4n) is 4.27. The lowest BCUT2D eigenvalue weighted by Gasteiger charge is -2.26. The van der Waals surface area contributed by atoms with Crippen molar-refractivity contribution in [3.63, 3.8) is 0 Å². The summed E-state index contributed by atoms with van der Waals surface area (Å²) < 4.78 is 5.82. The third kappa shape index (κ3) is 6.49. The molecule has 1 aliphatic heterocycles. The highest BCUT2D eigenvalue weighted by Crippen LogP contribution is 2.28. The topological polar surface area (TPSA) is 95.9 Å². The molecule has 0 saturated heterocycles. The third-order valence-corrected chi connectivity index (χ3v) is 6.31. The van der Waals surface area contributed by atoms with Crippen LogP contribution in [0.4, 0.5) is 0 Å². The van der Waals surface area contributed by atoms with Crippen molar-refractivity contribution < 1.29 is 24.2 Å². The van der Waals surface area contributed by atoms with E-state index in [9.17, 15) is 19.5 Å². The number of amides is 1. The van der Waals surface area contributed by atoms with Crippen molar-refractivity contribution >= 4 is 17.7 Å². The summed E-state index contributed by atoms with van der Waals surface area (Å²) in [4.78, 5) is 42.5. The summed E-state index contributed by atoms with van der Waals surface area (Å²) in [7, 11) is 0. The molecule has 4 aromatic rings. The van der Waals surface area contributed by atoms with Crippen molar-refractivity contribution in [2.75, 3.05) is 0 Å². The lowest BCUT2D eigenvalue weighted by molar-refractivity contribution is 0.0624. The quantitative estimate of drug-likeness (QED) is 0.210. The average molecular weight is 543 g/mol. The highest BCUT2D eigenvalue weighted by atomic mass is 16.5. The number of hydrogen-bond acceptors (Lipinski definition) is 6. The second kappa shape index (κ2) is 12.4. The number of benzene rings is 4. The standard InChI is InChI=1S/C34H26N2O5/c37-28-20-18-26(19-21-28)33(39)35-30-29(41-34(40)27-15-8-3-9-16-27)17-10-22-36(23-24-11-4-1-5-12-24)31(30)32(38)25-13-6-2-7-14-25/h1-22,37H,23H2,(H,35,39). The smallest absolute Gasteiger partial charge is 0.343 e. The first-order chi connectivity index (χ1) is 20.0. The van der Waals surface area contributed by atoms with Crippen LogP contribution in [0.5, 0.6) is 5.75 Å². The van der Waals surface area contributed by atoms with Gasteiger partial charge in [-0.25, -0.2) is 4.79 Å². The van der Waals surface area contributed by atoms with Crippen molar-refractivity contribution in [1.82, 2.24) is 10.2 Å². The van der Waals surface area contributed by atoms with Crippen LogP contribution in [-0.4, -0.2) is 27.7 Å². The third-order valence-electron chi connectivity index (χ3n) is 6.31. The number of allylic oxidation sites excluding steroid dienone is 3. The van der Waals surface area contributed by atoms with Gasteiger partial charge in [-0.05, 0) is 54.1 Å². The van der Waals surface area contributed by atoms with Crippen LogP contribution in [0.3, 0.4) is 0 Å². The molecule has 0 spiro atoms. The SMILES string of the molecule is O=C(NC1=C(C(=O)c2ccccc2)N(Cc2ccccc2)C=CC=C1OC(=O)c1ccccc1)c1ccc(O)cc1. The van der Waals surface area contributed by atoms with Crippen molar-refractivity contribution in [3.8, 4) is 5.75 Å². The summed E-state index contributed by atoms with van der Waals surface area (Å²) in [6.45, 7) is 0.303. The number of carbonyl (C=O) groups is 3. The zero-order chi connectivity index (χ0) is 28.6. The molecular weight excluding hydrogens is 516 g/mol. The number of hydrogen-bond donors (Lipinski definition) is 2. The van der Waals surface area contributed by atoms with Crippen molar-refractivity contribution in [3.05, 3.63) is 173 Å². The second-order valence-corrected chi connectivity index (χ2v) is 9.16. The van der Waals surface area contributed by atoms with E-state index in [4.69, 9.17) is 4.74 Å². The fraction of sp³-hybridized carbons (Fsp3) is 0.0294. The van der Waals surface area contributed by atoms with Crippen LogP contribution in [0.2, 0.25) is 0 Å². The summed E-state index contributed by atoms with van der Waals surface area (Å²) in [5.41, 5.74) is 2.01. The molecule has 0 atom stereocenters. The largest absolute Gasteiger partial charge is 0.508 e. The molecular formula is C34H26N2O5. The van der Waals surface area contributed by atoms with Gasteiger partial charge in [0.1, 0.15) is 17.1 Å². The summed E-state index contributed by atoms with van der Waals surface area (Å²) in [5.74, 6) is -1.58. The van der Waals surface area contributed by atoms with Crippen LogP contribution in [0.15, 0.2) is 151 Å². The Balaban J connectivity index is 1.64. The molecule has 41 heavy (non-hydrogen) atoms. The Morgan fingerprint density at radius 3 is 1.93 bits per heavy atom. The van der Waals surface area contributed by atoms with Crippen molar-refractivity contribution in [2.24, 2.45) is 0 Å². The van der Waals surface area contributed by atoms with E-state index in [1.54, 1.807) is 77.8 Å². The molecule has 0 radical (unpaired) electrons. The fourth-order valence-corrected chi connectivity index (χ4v) is 4.27. The summed E-state index contributed by atoms with van der Waals surface area (Å²) in [5, 5.41) is 12.5. The van der Waals surface area contributed by atoms with Gasteiger partial charge in [-0.15, -0.1) is 0 Å². The summed E-state index contributed by atoms with van der Waals surface area (Å²) >= 11 is 0. The van der Waals surface area contributed by atoms with E-state index in [0.29, 0.717) is 17.7 Å². The first-order valence-corrected chi connectivity index (χ1v) is 12.9. The molecule has 0 aromatic heterocycles. The Kier molecular flexibility index (Phi) is 8.16. The molecule has 0 unspecified atom stereocenters. The van der Waals surface area contributed by atoms with Crippen molar-refractivity contribution in [2.45, 2.75) is 6.54 Å². The van der Waals surface area contributed by atoms with Crippen LogP contribution >= 0.6 is 0 Å². The molecule has 202 valence electrons. The van der Waals surface area contributed by atoms with Gasteiger partial charge in [-0.1, -0.05) is 78.9 Å². The van der Waals surface area contributed by atoms with Gasteiger partial charge in [-0.3, -0.25) is 9.59 Å². The molecule has 2 N–H and O–H groups in total. The highest BCUT2D eigenvalue weighted by molar-refractivity contribution is 6.10. The van der Waals surface area contributed by atoms with E-state index in [1.165, 1.54) is 30.3 Å². The lowest BCUT2D eigenvalue weighted by atomic mass is 10.0. The predicted molar refractivity (Wildman–Crippen MR) is 154 cm³/mol. The Hall–Kier alpha value is -5.69. The van der Waals surface area contributed by atoms with Gasteiger partial charge >= 0.3 is 5.97 Å². The Morgan fingerprint density at radius 1 is 0.707 bits per heavy atom. The minimum atomic E-state index is -0.648. The van der Waals surface area contributed by atoms with Gasteiger partial charge in [0.15, 0.2) is 5.76 Å². The van der Waals surface area contributed by atoms with Gasteiger partial charge in [0.2, 0.25) is 5.78 Å². The number of aromatic hydroxyl groups is 1. The molecule has 0 bridgehead atoms. The number of rotatable bonds is 8. The average Bonchev–Trinajstić information content (AvgIpc) is 3.17. The second-order valence-electron chi connectivity index (χ2n) is 9.16. The van der Waals surface area contributed by atoms with Crippen molar-refractivity contribution in [1.29, 1.82) is 0 Å². The Morgan fingerprint density at radius 2 is 1.29 bits per heavy atom. The number of esters is 1. The minimum Gasteiger partial charge on any atom is -0.508 e. The van der Waals surface area contributed by atoms with Crippen LogP contribution in [0.1, 0.15) is 36.6 Å². The number of carbonyl (C=O) groups excluding carboxylic acids is 3. The monoisotopic (exact) mass is 542 g/mol. The van der Waals surface area contributed by atoms with Gasteiger partial charge < -0.3 is 20.1 Å². The van der Waals surface area contributed by atoms with Crippen LogP contribution < -0.4 is 5.32 Å². The van der Waals surface area contributed by atoms with E-state index in [1.807, 2.05) is 30.3 Å². The Bertz CT molecular complexity index is 1640. The normalized spacial score (nSPS) is 12.8. The number of nitrogens with one attached hydrogen (secondary N) is 1.